The van der Waals surface area contributed by atoms with E-state index in [4.69, 9.17) is 0 Å². The van der Waals surface area contributed by atoms with E-state index in [0.29, 0.717) is 5.92 Å². The smallest absolute Gasteiger partial charge is 0.0614 e. The molecule has 1 aromatic rings. The minimum Gasteiger partial charge on any atom is -0.392 e. The summed E-state index contributed by atoms with van der Waals surface area (Å²) < 4.78 is 0. The Kier molecular flexibility index (Phi) is 2.36. The topological polar surface area (TPSA) is 20.2 Å². The summed E-state index contributed by atoms with van der Waals surface area (Å²) in [5.74, 6) is 0.402. The van der Waals surface area contributed by atoms with Crippen LogP contribution in [0.15, 0.2) is 42.5 Å². The summed E-state index contributed by atoms with van der Waals surface area (Å²) in [5, 5.41) is 10.2. The van der Waals surface area contributed by atoms with E-state index in [1.165, 1.54) is 18.4 Å². The number of allylic oxidation sites excluding steroid dienone is 1. The molecule has 1 saturated carbocycles. The third-order valence-electron chi connectivity index (χ3n) is 4.24. The van der Waals surface area contributed by atoms with Gasteiger partial charge in [-0.15, -0.1) is 0 Å². The van der Waals surface area contributed by atoms with Crippen LogP contribution in [-0.2, 0) is 5.41 Å². The molecule has 84 valence electrons. The predicted octanol–water partition coefficient (Wildman–Crippen LogP) is 3.05. The summed E-state index contributed by atoms with van der Waals surface area (Å²) in [7, 11) is 0. The van der Waals surface area contributed by atoms with Gasteiger partial charge in [-0.2, -0.15) is 0 Å². The summed E-state index contributed by atoms with van der Waals surface area (Å²) in [5.41, 5.74) is 1.47. The van der Waals surface area contributed by atoms with Crippen LogP contribution in [-0.4, -0.2) is 11.2 Å². The van der Waals surface area contributed by atoms with Crippen molar-refractivity contribution >= 4 is 0 Å². The molecule has 3 atom stereocenters. The number of aliphatic hydroxyl groups excluding tert-OH is 1. The van der Waals surface area contributed by atoms with Crippen molar-refractivity contribution < 1.29 is 5.11 Å². The van der Waals surface area contributed by atoms with Crippen molar-refractivity contribution in [2.75, 3.05) is 0 Å². The lowest BCUT2D eigenvalue weighted by Gasteiger charge is -2.35. The van der Waals surface area contributed by atoms with Gasteiger partial charge in [0.2, 0.25) is 0 Å². The lowest BCUT2D eigenvalue weighted by Crippen LogP contribution is -2.33. The summed E-state index contributed by atoms with van der Waals surface area (Å²) in [6.45, 7) is 0. The normalized spacial score (nSPS) is 37.3. The molecule has 2 bridgehead atoms. The lowest BCUT2D eigenvalue weighted by atomic mass is 9.70. The molecule has 0 spiro atoms. The maximum Gasteiger partial charge on any atom is 0.0614 e. The quantitative estimate of drug-likeness (QED) is 0.712. The van der Waals surface area contributed by atoms with Crippen LogP contribution in [0.2, 0.25) is 0 Å². The van der Waals surface area contributed by atoms with Crippen molar-refractivity contribution in [3.8, 4) is 0 Å². The second-order valence-electron chi connectivity index (χ2n) is 5.21. The van der Waals surface area contributed by atoms with Gasteiger partial charge in [0.25, 0.3) is 0 Å². The van der Waals surface area contributed by atoms with Crippen LogP contribution in [0.25, 0.3) is 0 Å². The molecule has 1 fully saturated rings. The van der Waals surface area contributed by atoms with Gasteiger partial charge >= 0.3 is 0 Å². The number of rotatable bonds is 1. The van der Waals surface area contributed by atoms with Crippen molar-refractivity contribution in [1.82, 2.24) is 0 Å². The van der Waals surface area contributed by atoms with E-state index >= 15 is 0 Å². The van der Waals surface area contributed by atoms with Gasteiger partial charge in [0.1, 0.15) is 0 Å². The Balaban J connectivity index is 2.04. The van der Waals surface area contributed by atoms with E-state index in [2.05, 4.69) is 42.5 Å². The fourth-order valence-electron chi connectivity index (χ4n) is 3.28. The monoisotopic (exact) mass is 214 g/mol. The van der Waals surface area contributed by atoms with Crippen LogP contribution in [0.3, 0.4) is 0 Å². The molecule has 0 radical (unpaired) electrons. The molecule has 3 aliphatic rings. The summed E-state index contributed by atoms with van der Waals surface area (Å²) >= 11 is 0. The van der Waals surface area contributed by atoms with E-state index in [1.54, 1.807) is 0 Å². The average molecular weight is 214 g/mol. The fourth-order valence-corrected chi connectivity index (χ4v) is 3.28. The average Bonchev–Trinajstić information content (AvgIpc) is 2.62. The largest absolute Gasteiger partial charge is 0.392 e. The van der Waals surface area contributed by atoms with Crippen LogP contribution < -0.4 is 0 Å². The molecule has 0 saturated heterocycles. The Labute approximate surface area is 96.8 Å². The number of fused-ring (bicyclic) bond motifs is 3. The Hall–Kier alpha value is -1.08. The first kappa shape index (κ1) is 10.1. The van der Waals surface area contributed by atoms with Gasteiger partial charge in [0.15, 0.2) is 0 Å². The maximum atomic E-state index is 10.2. The van der Waals surface area contributed by atoms with Gasteiger partial charge in [-0.25, -0.2) is 0 Å². The molecular weight excluding hydrogens is 196 g/mol. The van der Waals surface area contributed by atoms with Crippen LogP contribution >= 0.6 is 0 Å². The Bertz CT molecular complexity index is 395. The first-order valence-electron chi connectivity index (χ1n) is 6.23. The van der Waals surface area contributed by atoms with Crippen LogP contribution in [0.4, 0.5) is 0 Å². The highest BCUT2D eigenvalue weighted by Gasteiger charge is 2.39. The van der Waals surface area contributed by atoms with Crippen molar-refractivity contribution in [3.05, 3.63) is 48.0 Å². The Morgan fingerprint density at radius 3 is 2.75 bits per heavy atom. The third kappa shape index (κ3) is 1.51. The number of hydrogen-bond acceptors (Lipinski definition) is 1. The van der Waals surface area contributed by atoms with Crippen LogP contribution in [0.1, 0.15) is 31.2 Å². The van der Waals surface area contributed by atoms with E-state index in [0.717, 1.165) is 12.8 Å². The van der Waals surface area contributed by atoms with Gasteiger partial charge < -0.3 is 5.11 Å². The van der Waals surface area contributed by atoms with Gasteiger partial charge in [0, 0.05) is 11.3 Å². The number of hydrogen-bond donors (Lipinski definition) is 1. The molecule has 4 rings (SSSR count). The summed E-state index contributed by atoms with van der Waals surface area (Å²) in [6.07, 6.45) is 8.91. The maximum absolute atomic E-state index is 10.2. The van der Waals surface area contributed by atoms with E-state index < -0.39 is 0 Å². The molecule has 0 aliphatic heterocycles. The molecule has 0 aromatic heterocycles. The van der Waals surface area contributed by atoms with Gasteiger partial charge in [0.05, 0.1) is 6.10 Å². The molecular formula is C15H18O. The zero-order valence-corrected chi connectivity index (χ0v) is 9.47. The second-order valence-corrected chi connectivity index (χ2v) is 5.21. The Morgan fingerprint density at radius 1 is 1.19 bits per heavy atom. The van der Waals surface area contributed by atoms with Crippen molar-refractivity contribution in [3.63, 3.8) is 0 Å². The van der Waals surface area contributed by atoms with Gasteiger partial charge in [-0.3, -0.25) is 0 Å². The zero-order valence-electron chi connectivity index (χ0n) is 9.47. The van der Waals surface area contributed by atoms with Crippen molar-refractivity contribution in [2.45, 2.75) is 37.2 Å². The van der Waals surface area contributed by atoms with Gasteiger partial charge in [-0.1, -0.05) is 48.9 Å². The van der Waals surface area contributed by atoms with E-state index in [-0.39, 0.29) is 11.5 Å². The molecule has 1 aromatic carbocycles. The summed E-state index contributed by atoms with van der Waals surface area (Å²) in [4.78, 5) is 0. The van der Waals surface area contributed by atoms with Crippen LogP contribution in [0.5, 0.6) is 0 Å². The van der Waals surface area contributed by atoms with Crippen molar-refractivity contribution in [2.24, 2.45) is 5.92 Å². The lowest BCUT2D eigenvalue weighted by molar-refractivity contribution is 0.101. The molecule has 0 amide bonds. The molecule has 1 heteroatoms. The highest BCUT2D eigenvalue weighted by atomic mass is 16.3. The number of benzene rings is 1. The minimum absolute atomic E-state index is 0.105. The first-order chi connectivity index (χ1) is 7.80. The highest BCUT2D eigenvalue weighted by Crippen LogP contribution is 2.45. The minimum atomic E-state index is -0.146. The van der Waals surface area contributed by atoms with Crippen LogP contribution in [0, 0.1) is 5.92 Å². The van der Waals surface area contributed by atoms with Gasteiger partial charge in [-0.05, 0) is 24.8 Å². The molecule has 1 nitrogen and oxygen atoms in total. The van der Waals surface area contributed by atoms with E-state index in [9.17, 15) is 5.11 Å². The Morgan fingerprint density at radius 2 is 2.00 bits per heavy atom. The predicted molar refractivity (Wildman–Crippen MR) is 65.2 cm³/mol. The zero-order chi connectivity index (χ0) is 11.0. The SMILES string of the molecule is OC1CC2(c3ccccc3)C=CC1CCC2. The molecule has 3 aliphatic carbocycles. The first-order valence-corrected chi connectivity index (χ1v) is 6.23. The second kappa shape index (κ2) is 3.74. The molecule has 3 unspecified atom stereocenters. The van der Waals surface area contributed by atoms with E-state index in [1.807, 2.05) is 0 Å². The number of aliphatic hydroxyl groups is 1. The molecule has 1 N–H and O–H groups in total. The highest BCUT2D eigenvalue weighted by molar-refractivity contribution is 5.34. The third-order valence-corrected chi connectivity index (χ3v) is 4.24. The fraction of sp³-hybridized carbons (Fsp3) is 0.467. The summed E-state index contributed by atoms with van der Waals surface area (Å²) in [6, 6.07) is 10.6. The standard InChI is InChI=1S/C15H18O/c16-14-11-15(13-6-2-1-3-7-13)9-4-5-12(14)8-10-15/h1-3,6-8,10,12,14,16H,4-5,9,11H2. The molecule has 16 heavy (non-hydrogen) atoms. The molecule has 0 heterocycles. The van der Waals surface area contributed by atoms with Crippen molar-refractivity contribution in [1.29, 1.82) is 0 Å².